The zero-order chi connectivity index (χ0) is 13.0. The fourth-order valence-electron chi connectivity index (χ4n) is 3.12. The van der Waals surface area contributed by atoms with Gasteiger partial charge in [0.25, 0.3) is 0 Å². The van der Waals surface area contributed by atoms with Crippen LogP contribution >= 0.6 is 0 Å². The van der Waals surface area contributed by atoms with Crippen molar-refractivity contribution >= 4 is 0 Å². The molecule has 100 valence electrons. The SMILES string of the molecule is CCC(NC1CCC(C)C(C)C1)c1ccccc1. The largest absolute Gasteiger partial charge is 0.307 e. The molecule has 18 heavy (non-hydrogen) atoms. The predicted molar refractivity (Wildman–Crippen MR) is 78.6 cm³/mol. The lowest BCUT2D eigenvalue weighted by Gasteiger charge is -2.35. The summed E-state index contributed by atoms with van der Waals surface area (Å²) in [5, 5.41) is 3.87. The molecule has 4 unspecified atom stereocenters. The normalized spacial score (nSPS) is 30.1. The van der Waals surface area contributed by atoms with Gasteiger partial charge in [0.15, 0.2) is 0 Å². The Morgan fingerprint density at radius 1 is 1.11 bits per heavy atom. The van der Waals surface area contributed by atoms with Crippen LogP contribution in [0.3, 0.4) is 0 Å². The first-order chi connectivity index (χ1) is 8.70. The van der Waals surface area contributed by atoms with Crippen LogP contribution in [-0.2, 0) is 0 Å². The molecule has 0 aromatic heterocycles. The average molecular weight is 245 g/mol. The van der Waals surface area contributed by atoms with E-state index in [1.165, 1.54) is 31.2 Å². The number of hydrogen-bond donors (Lipinski definition) is 1. The van der Waals surface area contributed by atoms with Crippen molar-refractivity contribution < 1.29 is 0 Å². The van der Waals surface area contributed by atoms with E-state index in [1.807, 2.05) is 0 Å². The van der Waals surface area contributed by atoms with E-state index in [0.717, 1.165) is 11.8 Å². The second kappa shape index (κ2) is 6.38. The third kappa shape index (κ3) is 3.35. The van der Waals surface area contributed by atoms with E-state index in [0.29, 0.717) is 12.1 Å². The first-order valence-corrected chi connectivity index (χ1v) is 7.51. The first kappa shape index (κ1) is 13.6. The molecule has 1 aliphatic rings. The van der Waals surface area contributed by atoms with Crippen molar-refractivity contribution in [3.8, 4) is 0 Å². The van der Waals surface area contributed by atoms with E-state index < -0.39 is 0 Å². The smallest absolute Gasteiger partial charge is 0.0320 e. The summed E-state index contributed by atoms with van der Waals surface area (Å²) in [6.45, 7) is 7.08. The molecule has 0 aliphatic heterocycles. The minimum Gasteiger partial charge on any atom is -0.307 e. The van der Waals surface area contributed by atoms with Gasteiger partial charge in [-0.25, -0.2) is 0 Å². The van der Waals surface area contributed by atoms with Crippen molar-refractivity contribution in [2.75, 3.05) is 0 Å². The molecule has 1 heteroatoms. The van der Waals surface area contributed by atoms with Crippen LogP contribution < -0.4 is 5.32 Å². The number of rotatable bonds is 4. The Kier molecular flexibility index (Phi) is 4.82. The molecule has 0 spiro atoms. The Morgan fingerprint density at radius 2 is 1.83 bits per heavy atom. The first-order valence-electron chi connectivity index (χ1n) is 7.51. The minimum atomic E-state index is 0.525. The standard InChI is InChI=1S/C17H27N/c1-4-17(15-8-6-5-7-9-15)18-16-11-10-13(2)14(3)12-16/h5-9,13-14,16-18H,4,10-12H2,1-3H3. The highest BCUT2D eigenvalue weighted by Gasteiger charge is 2.25. The van der Waals surface area contributed by atoms with Crippen molar-refractivity contribution in [2.45, 2.75) is 58.5 Å². The molecule has 4 atom stereocenters. The van der Waals surface area contributed by atoms with Crippen LogP contribution in [-0.4, -0.2) is 6.04 Å². The number of hydrogen-bond acceptors (Lipinski definition) is 1. The Morgan fingerprint density at radius 3 is 2.44 bits per heavy atom. The molecule has 1 fully saturated rings. The van der Waals surface area contributed by atoms with E-state index in [1.54, 1.807) is 0 Å². The lowest BCUT2D eigenvalue weighted by atomic mass is 9.79. The molecule has 2 rings (SSSR count). The van der Waals surface area contributed by atoms with Crippen LogP contribution in [0.5, 0.6) is 0 Å². The van der Waals surface area contributed by atoms with Crippen LogP contribution in [0.25, 0.3) is 0 Å². The van der Waals surface area contributed by atoms with Crippen LogP contribution in [0.4, 0.5) is 0 Å². The van der Waals surface area contributed by atoms with Crippen molar-refractivity contribution in [2.24, 2.45) is 11.8 Å². The summed E-state index contributed by atoms with van der Waals surface area (Å²) in [7, 11) is 0. The van der Waals surface area contributed by atoms with Crippen molar-refractivity contribution in [1.82, 2.24) is 5.32 Å². The van der Waals surface area contributed by atoms with Gasteiger partial charge in [0.05, 0.1) is 0 Å². The summed E-state index contributed by atoms with van der Waals surface area (Å²) in [6, 6.07) is 12.1. The molecule has 1 aromatic rings. The summed E-state index contributed by atoms with van der Waals surface area (Å²) < 4.78 is 0. The third-order valence-corrected chi connectivity index (χ3v) is 4.65. The highest BCUT2D eigenvalue weighted by molar-refractivity contribution is 5.18. The van der Waals surface area contributed by atoms with Crippen molar-refractivity contribution in [1.29, 1.82) is 0 Å². The summed E-state index contributed by atoms with van der Waals surface area (Å²) in [5.74, 6) is 1.77. The molecule has 0 saturated heterocycles. The summed E-state index contributed by atoms with van der Waals surface area (Å²) in [6.07, 6.45) is 5.23. The zero-order valence-corrected chi connectivity index (χ0v) is 12.0. The summed E-state index contributed by atoms with van der Waals surface area (Å²) in [5.41, 5.74) is 1.44. The van der Waals surface area contributed by atoms with Gasteiger partial charge in [0.1, 0.15) is 0 Å². The second-order valence-corrected chi connectivity index (χ2v) is 6.00. The van der Waals surface area contributed by atoms with E-state index in [-0.39, 0.29) is 0 Å². The molecular formula is C17H27N. The lowest BCUT2D eigenvalue weighted by molar-refractivity contribution is 0.214. The maximum Gasteiger partial charge on any atom is 0.0320 e. The topological polar surface area (TPSA) is 12.0 Å². The Balaban J connectivity index is 1.95. The van der Waals surface area contributed by atoms with Crippen LogP contribution in [0.2, 0.25) is 0 Å². The molecule has 1 aromatic carbocycles. The van der Waals surface area contributed by atoms with E-state index >= 15 is 0 Å². The average Bonchev–Trinajstić information content (AvgIpc) is 2.41. The Bertz CT molecular complexity index is 346. The van der Waals surface area contributed by atoms with Crippen molar-refractivity contribution in [3.63, 3.8) is 0 Å². The second-order valence-electron chi connectivity index (χ2n) is 6.00. The molecule has 1 aliphatic carbocycles. The van der Waals surface area contributed by atoms with E-state index in [4.69, 9.17) is 0 Å². The van der Waals surface area contributed by atoms with Crippen LogP contribution in [0.15, 0.2) is 30.3 Å². The minimum absolute atomic E-state index is 0.525. The molecular weight excluding hydrogens is 218 g/mol. The van der Waals surface area contributed by atoms with E-state index in [9.17, 15) is 0 Å². The van der Waals surface area contributed by atoms with Gasteiger partial charge in [-0.05, 0) is 43.1 Å². The summed E-state index contributed by atoms with van der Waals surface area (Å²) >= 11 is 0. The molecule has 0 bridgehead atoms. The van der Waals surface area contributed by atoms with Gasteiger partial charge in [-0.15, -0.1) is 0 Å². The fourth-order valence-corrected chi connectivity index (χ4v) is 3.12. The van der Waals surface area contributed by atoms with Gasteiger partial charge in [-0.3, -0.25) is 0 Å². The maximum absolute atomic E-state index is 3.87. The quantitative estimate of drug-likeness (QED) is 0.820. The molecule has 1 saturated carbocycles. The maximum atomic E-state index is 3.87. The molecule has 1 nitrogen and oxygen atoms in total. The lowest BCUT2D eigenvalue weighted by Crippen LogP contribution is -2.38. The molecule has 0 amide bonds. The van der Waals surface area contributed by atoms with E-state index in [2.05, 4.69) is 56.4 Å². The van der Waals surface area contributed by atoms with Gasteiger partial charge >= 0.3 is 0 Å². The number of nitrogens with one attached hydrogen (secondary N) is 1. The van der Waals surface area contributed by atoms with Gasteiger partial charge in [0, 0.05) is 12.1 Å². The number of benzene rings is 1. The zero-order valence-electron chi connectivity index (χ0n) is 12.0. The Hall–Kier alpha value is -0.820. The van der Waals surface area contributed by atoms with Gasteiger partial charge in [0.2, 0.25) is 0 Å². The van der Waals surface area contributed by atoms with Crippen LogP contribution in [0.1, 0.15) is 58.1 Å². The van der Waals surface area contributed by atoms with Gasteiger partial charge < -0.3 is 5.32 Å². The predicted octanol–water partition coefficient (Wildman–Crippen LogP) is 4.55. The van der Waals surface area contributed by atoms with Crippen molar-refractivity contribution in [3.05, 3.63) is 35.9 Å². The fraction of sp³-hybridized carbons (Fsp3) is 0.647. The molecule has 0 radical (unpaired) electrons. The molecule has 0 heterocycles. The van der Waals surface area contributed by atoms with Gasteiger partial charge in [-0.2, -0.15) is 0 Å². The van der Waals surface area contributed by atoms with Gasteiger partial charge in [-0.1, -0.05) is 51.1 Å². The third-order valence-electron chi connectivity index (χ3n) is 4.65. The highest BCUT2D eigenvalue weighted by Crippen LogP contribution is 2.31. The summed E-state index contributed by atoms with van der Waals surface area (Å²) in [4.78, 5) is 0. The molecule has 1 N–H and O–H groups in total. The monoisotopic (exact) mass is 245 g/mol. The van der Waals surface area contributed by atoms with Crippen LogP contribution in [0, 0.1) is 11.8 Å². The highest BCUT2D eigenvalue weighted by atomic mass is 15.0. The Labute approximate surface area is 112 Å².